The van der Waals surface area contributed by atoms with E-state index in [4.69, 9.17) is 5.73 Å². The van der Waals surface area contributed by atoms with Crippen LogP contribution in [-0.4, -0.2) is 20.2 Å². The Hall–Kier alpha value is -2.76. The minimum absolute atomic E-state index is 0.250. The second-order valence-corrected chi connectivity index (χ2v) is 4.02. The molecule has 0 atom stereocenters. The maximum Gasteiger partial charge on any atom is 0.222 e. The second kappa shape index (κ2) is 4.85. The molecule has 0 unspecified atom stereocenters. The van der Waals surface area contributed by atoms with Crippen molar-refractivity contribution >= 4 is 22.7 Å². The average molecular weight is 252 g/mol. The van der Waals surface area contributed by atoms with Crippen LogP contribution in [0.2, 0.25) is 0 Å². The van der Waals surface area contributed by atoms with Crippen LogP contribution in [0.15, 0.2) is 42.6 Å². The Morgan fingerprint density at radius 3 is 2.79 bits per heavy atom. The first-order chi connectivity index (χ1) is 9.33. The first kappa shape index (κ1) is 11.3. The highest BCUT2D eigenvalue weighted by Crippen LogP contribution is 2.20. The van der Waals surface area contributed by atoms with Gasteiger partial charge in [-0.25, -0.2) is 4.98 Å². The molecule has 2 heterocycles. The van der Waals surface area contributed by atoms with E-state index in [2.05, 4.69) is 25.5 Å². The number of aromatic nitrogens is 4. The lowest BCUT2D eigenvalue weighted by Gasteiger charge is -2.08. The molecule has 2 aromatic heterocycles. The Bertz CT molecular complexity index is 698. The average Bonchev–Trinajstić information content (AvgIpc) is 2.45. The number of para-hydroxylation sites is 1. The van der Waals surface area contributed by atoms with Gasteiger partial charge in [-0.3, -0.25) is 0 Å². The molecule has 0 fully saturated rings. The molecular weight excluding hydrogens is 240 g/mol. The summed E-state index contributed by atoms with van der Waals surface area (Å²) in [5.41, 5.74) is 7.36. The fourth-order valence-corrected chi connectivity index (χ4v) is 1.83. The van der Waals surface area contributed by atoms with Crippen LogP contribution in [0.5, 0.6) is 0 Å². The van der Waals surface area contributed by atoms with E-state index in [1.165, 1.54) is 0 Å². The summed E-state index contributed by atoms with van der Waals surface area (Å²) in [6.07, 6.45) is 1.64. The lowest BCUT2D eigenvalue weighted by atomic mass is 10.2. The third-order valence-corrected chi connectivity index (χ3v) is 2.69. The number of nitrogens with one attached hydrogen (secondary N) is 1. The van der Waals surface area contributed by atoms with Crippen molar-refractivity contribution in [3.63, 3.8) is 0 Å². The van der Waals surface area contributed by atoms with Crippen molar-refractivity contribution in [3.05, 3.63) is 48.3 Å². The molecule has 0 amide bonds. The third kappa shape index (κ3) is 2.42. The Kier molecular flexibility index (Phi) is 2.89. The number of nitrogens with two attached hydrogens (primary N) is 1. The Morgan fingerprint density at radius 1 is 1.05 bits per heavy atom. The lowest BCUT2D eigenvalue weighted by molar-refractivity contribution is 0.921. The van der Waals surface area contributed by atoms with Crippen molar-refractivity contribution in [3.8, 4) is 0 Å². The van der Waals surface area contributed by atoms with Crippen LogP contribution in [0.1, 0.15) is 5.69 Å². The van der Waals surface area contributed by atoms with Crippen molar-refractivity contribution in [2.24, 2.45) is 0 Å². The molecule has 0 saturated heterocycles. The number of rotatable bonds is 3. The summed E-state index contributed by atoms with van der Waals surface area (Å²) >= 11 is 0. The maximum absolute atomic E-state index is 5.70. The molecule has 3 aromatic rings. The first-order valence-electron chi connectivity index (χ1n) is 5.85. The minimum atomic E-state index is 0.250. The van der Waals surface area contributed by atoms with Crippen molar-refractivity contribution in [1.82, 2.24) is 20.2 Å². The number of anilines is 2. The van der Waals surface area contributed by atoms with Gasteiger partial charge in [0.1, 0.15) is 5.82 Å². The number of nitrogens with zero attached hydrogens (tertiary/aromatic N) is 4. The smallest absolute Gasteiger partial charge is 0.222 e. The van der Waals surface area contributed by atoms with Crippen LogP contribution in [0.25, 0.3) is 10.9 Å². The van der Waals surface area contributed by atoms with E-state index in [1.807, 2.05) is 36.4 Å². The van der Waals surface area contributed by atoms with E-state index in [9.17, 15) is 0 Å². The number of nitrogen functional groups attached to an aromatic ring is 1. The van der Waals surface area contributed by atoms with Gasteiger partial charge in [-0.15, -0.1) is 0 Å². The van der Waals surface area contributed by atoms with Crippen LogP contribution >= 0.6 is 0 Å². The van der Waals surface area contributed by atoms with Crippen LogP contribution in [0.4, 0.5) is 11.8 Å². The number of hydrogen-bond acceptors (Lipinski definition) is 6. The summed E-state index contributed by atoms with van der Waals surface area (Å²) in [7, 11) is 0. The molecule has 0 bridgehead atoms. The molecule has 6 nitrogen and oxygen atoms in total. The molecule has 3 rings (SSSR count). The molecular formula is C13H12N6. The van der Waals surface area contributed by atoms with Crippen LogP contribution in [0, 0.1) is 0 Å². The summed E-state index contributed by atoms with van der Waals surface area (Å²) < 4.78 is 0. The highest BCUT2D eigenvalue weighted by Gasteiger charge is 2.05. The SMILES string of the molecule is Nc1nc(NCc2cccnn2)c2ccccc2n1. The normalized spacial score (nSPS) is 10.5. The quantitative estimate of drug-likeness (QED) is 0.736. The Balaban J connectivity index is 1.92. The Labute approximate surface area is 109 Å². The van der Waals surface area contributed by atoms with Gasteiger partial charge in [0.05, 0.1) is 17.8 Å². The minimum Gasteiger partial charge on any atom is -0.368 e. The lowest BCUT2D eigenvalue weighted by Crippen LogP contribution is -2.06. The van der Waals surface area contributed by atoms with E-state index in [1.54, 1.807) is 6.20 Å². The predicted molar refractivity (Wildman–Crippen MR) is 73.3 cm³/mol. The molecule has 0 aliphatic carbocycles. The number of fused-ring (bicyclic) bond motifs is 1. The summed E-state index contributed by atoms with van der Waals surface area (Å²) in [5.74, 6) is 0.953. The molecule has 6 heteroatoms. The van der Waals surface area contributed by atoms with Crippen LogP contribution in [0.3, 0.4) is 0 Å². The summed E-state index contributed by atoms with van der Waals surface area (Å²) in [5, 5.41) is 12.0. The standard InChI is InChI=1S/C13H12N6/c14-13-17-11-6-2-1-5-10(11)12(18-13)15-8-9-4-3-7-16-19-9/h1-7H,8H2,(H3,14,15,17,18). The van der Waals surface area contributed by atoms with Crippen molar-refractivity contribution < 1.29 is 0 Å². The zero-order valence-corrected chi connectivity index (χ0v) is 10.1. The largest absolute Gasteiger partial charge is 0.368 e. The second-order valence-electron chi connectivity index (χ2n) is 4.02. The van der Waals surface area contributed by atoms with E-state index in [-0.39, 0.29) is 5.95 Å². The molecule has 0 spiro atoms. The fourth-order valence-electron chi connectivity index (χ4n) is 1.83. The molecule has 0 radical (unpaired) electrons. The maximum atomic E-state index is 5.70. The molecule has 0 aliphatic rings. The summed E-state index contributed by atoms with van der Waals surface area (Å²) in [4.78, 5) is 8.41. The third-order valence-electron chi connectivity index (χ3n) is 2.69. The van der Waals surface area contributed by atoms with Gasteiger partial charge < -0.3 is 11.1 Å². The zero-order valence-electron chi connectivity index (χ0n) is 10.1. The molecule has 19 heavy (non-hydrogen) atoms. The van der Waals surface area contributed by atoms with Gasteiger partial charge in [-0.2, -0.15) is 15.2 Å². The molecule has 3 N–H and O–H groups in total. The summed E-state index contributed by atoms with van der Waals surface area (Å²) in [6.45, 7) is 0.536. The molecule has 1 aromatic carbocycles. The fraction of sp³-hybridized carbons (Fsp3) is 0.0769. The van der Waals surface area contributed by atoms with Gasteiger partial charge in [0.15, 0.2) is 0 Å². The summed E-state index contributed by atoms with van der Waals surface area (Å²) in [6, 6.07) is 11.5. The van der Waals surface area contributed by atoms with Gasteiger partial charge in [0.2, 0.25) is 5.95 Å². The van der Waals surface area contributed by atoms with Crippen LogP contribution < -0.4 is 11.1 Å². The van der Waals surface area contributed by atoms with Crippen LogP contribution in [-0.2, 0) is 6.54 Å². The highest BCUT2D eigenvalue weighted by atomic mass is 15.1. The Morgan fingerprint density at radius 2 is 1.95 bits per heavy atom. The van der Waals surface area contributed by atoms with E-state index in [0.717, 1.165) is 16.6 Å². The first-order valence-corrected chi connectivity index (χ1v) is 5.85. The highest BCUT2D eigenvalue weighted by molar-refractivity contribution is 5.89. The molecule has 94 valence electrons. The van der Waals surface area contributed by atoms with Crippen molar-refractivity contribution in [1.29, 1.82) is 0 Å². The van der Waals surface area contributed by atoms with Gasteiger partial charge in [0, 0.05) is 11.6 Å². The van der Waals surface area contributed by atoms with E-state index < -0.39 is 0 Å². The van der Waals surface area contributed by atoms with Gasteiger partial charge >= 0.3 is 0 Å². The molecule has 0 saturated carbocycles. The number of hydrogen-bond donors (Lipinski definition) is 2. The van der Waals surface area contributed by atoms with Gasteiger partial charge in [0.25, 0.3) is 0 Å². The van der Waals surface area contributed by atoms with Gasteiger partial charge in [-0.05, 0) is 24.3 Å². The van der Waals surface area contributed by atoms with Gasteiger partial charge in [-0.1, -0.05) is 12.1 Å². The number of benzene rings is 1. The van der Waals surface area contributed by atoms with Crippen molar-refractivity contribution in [2.75, 3.05) is 11.1 Å². The van der Waals surface area contributed by atoms with E-state index in [0.29, 0.717) is 12.4 Å². The van der Waals surface area contributed by atoms with E-state index >= 15 is 0 Å². The topological polar surface area (TPSA) is 89.6 Å². The zero-order chi connectivity index (χ0) is 13.1. The van der Waals surface area contributed by atoms with Crippen molar-refractivity contribution in [2.45, 2.75) is 6.54 Å². The molecule has 0 aliphatic heterocycles. The predicted octanol–water partition coefficient (Wildman–Crippen LogP) is 1.61. The monoisotopic (exact) mass is 252 g/mol.